The van der Waals surface area contributed by atoms with Crippen LogP contribution in [-0.2, 0) is 9.53 Å². The fraction of sp³-hybridized carbons (Fsp3) is 0.348. The van der Waals surface area contributed by atoms with E-state index in [9.17, 15) is 4.79 Å². The zero-order chi connectivity index (χ0) is 18.0. The highest BCUT2D eigenvalue weighted by Gasteiger charge is 2.45. The Kier molecular flexibility index (Phi) is 4.80. The summed E-state index contributed by atoms with van der Waals surface area (Å²) in [6.07, 6.45) is 4.21. The number of ether oxygens (including phenoxy) is 1. The van der Waals surface area contributed by atoms with Crippen molar-refractivity contribution in [3.63, 3.8) is 0 Å². The number of esters is 1. The maximum Gasteiger partial charge on any atom is 0.315 e. The van der Waals surface area contributed by atoms with E-state index in [1.54, 1.807) is 6.08 Å². The third-order valence-corrected chi connectivity index (χ3v) is 5.79. The topological polar surface area (TPSA) is 26.3 Å². The molecule has 2 nitrogen and oxygen atoms in total. The molecule has 0 amide bonds. The van der Waals surface area contributed by atoms with Gasteiger partial charge in [-0.15, -0.1) is 6.58 Å². The standard InChI is InChI=1S/C23H26O2/c1-5-23(22(24)25-4)13-12-20(16(2)3)21(15-23)19-11-10-17-8-6-7-9-18(17)14-19/h5-11,14,20-21H,1-2,12-13,15H2,3-4H3/t20-,21-,23-/m0/s1. The molecule has 0 bridgehead atoms. The zero-order valence-electron chi connectivity index (χ0n) is 15.1. The first kappa shape index (κ1) is 17.5. The van der Waals surface area contributed by atoms with Crippen LogP contribution in [0.25, 0.3) is 10.8 Å². The summed E-state index contributed by atoms with van der Waals surface area (Å²) in [7, 11) is 1.46. The maximum absolute atomic E-state index is 12.5. The first-order valence-corrected chi connectivity index (χ1v) is 8.87. The summed E-state index contributed by atoms with van der Waals surface area (Å²) in [5.41, 5.74) is 1.85. The summed E-state index contributed by atoms with van der Waals surface area (Å²) in [5.74, 6) is 0.445. The predicted octanol–water partition coefficient (Wildman–Crippen LogP) is 5.65. The monoisotopic (exact) mass is 334 g/mol. The number of methoxy groups -OCH3 is 1. The van der Waals surface area contributed by atoms with Gasteiger partial charge < -0.3 is 4.74 Å². The van der Waals surface area contributed by atoms with E-state index in [0.29, 0.717) is 5.92 Å². The minimum atomic E-state index is -0.600. The molecule has 130 valence electrons. The van der Waals surface area contributed by atoms with Gasteiger partial charge in [-0.3, -0.25) is 4.79 Å². The van der Waals surface area contributed by atoms with Crippen molar-refractivity contribution in [2.75, 3.05) is 7.11 Å². The van der Waals surface area contributed by atoms with Crippen LogP contribution in [0.4, 0.5) is 0 Å². The third-order valence-electron chi connectivity index (χ3n) is 5.79. The smallest absolute Gasteiger partial charge is 0.315 e. The second kappa shape index (κ2) is 6.87. The van der Waals surface area contributed by atoms with Crippen molar-refractivity contribution >= 4 is 16.7 Å². The van der Waals surface area contributed by atoms with Gasteiger partial charge in [-0.25, -0.2) is 0 Å². The number of allylic oxidation sites excluding steroid dienone is 1. The Balaban J connectivity index is 2.04. The van der Waals surface area contributed by atoms with Gasteiger partial charge in [-0.1, -0.05) is 60.7 Å². The summed E-state index contributed by atoms with van der Waals surface area (Å²) >= 11 is 0. The Morgan fingerprint density at radius 1 is 1.24 bits per heavy atom. The molecule has 0 heterocycles. The SMILES string of the molecule is C=C[C@]1(C(=O)OC)CC[C@@H](C(=C)C)[C@H](c2ccc3ccccc3c2)C1. The van der Waals surface area contributed by atoms with Crippen LogP contribution in [0.1, 0.15) is 37.7 Å². The Bertz CT molecular complexity index is 820. The number of hydrogen-bond donors (Lipinski definition) is 0. The van der Waals surface area contributed by atoms with Crippen LogP contribution in [0.3, 0.4) is 0 Å². The molecular weight excluding hydrogens is 308 g/mol. The van der Waals surface area contributed by atoms with E-state index in [1.807, 2.05) is 0 Å². The molecule has 1 saturated carbocycles. The highest BCUT2D eigenvalue weighted by Crippen LogP contribution is 2.50. The third kappa shape index (κ3) is 3.13. The summed E-state index contributed by atoms with van der Waals surface area (Å²) in [4.78, 5) is 12.5. The maximum atomic E-state index is 12.5. The molecule has 0 aromatic heterocycles. The van der Waals surface area contributed by atoms with E-state index < -0.39 is 5.41 Å². The largest absolute Gasteiger partial charge is 0.468 e. The van der Waals surface area contributed by atoms with Gasteiger partial charge in [-0.2, -0.15) is 0 Å². The average molecular weight is 334 g/mol. The molecule has 0 saturated heterocycles. The first-order valence-electron chi connectivity index (χ1n) is 8.87. The zero-order valence-corrected chi connectivity index (χ0v) is 15.1. The highest BCUT2D eigenvalue weighted by atomic mass is 16.5. The summed E-state index contributed by atoms with van der Waals surface area (Å²) < 4.78 is 5.10. The molecule has 0 spiro atoms. The average Bonchev–Trinajstić information content (AvgIpc) is 2.66. The number of benzene rings is 2. The van der Waals surface area contributed by atoms with Crippen molar-refractivity contribution in [1.29, 1.82) is 0 Å². The van der Waals surface area contributed by atoms with E-state index >= 15 is 0 Å². The molecule has 0 N–H and O–H groups in total. The Morgan fingerprint density at radius 2 is 1.96 bits per heavy atom. The van der Waals surface area contributed by atoms with Gasteiger partial charge in [0.15, 0.2) is 0 Å². The van der Waals surface area contributed by atoms with Crippen LogP contribution in [0, 0.1) is 11.3 Å². The Labute approximate surface area is 150 Å². The lowest BCUT2D eigenvalue weighted by molar-refractivity contribution is -0.152. The molecule has 0 unspecified atom stereocenters. The Hall–Kier alpha value is -2.35. The molecule has 1 fully saturated rings. The van der Waals surface area contributed by atoms with Crippen molar-refractivity contribution in [2.45, 2.75) is 32.1 Å². The molecule has 25 heavy (non-hydrogen) atoms. The molecule has 2 aromatic carbocycles. The van der Waals surface area contributed by atoms with Crippen molar-refractivity contribution in [2.24, 2.45) is 11.3 Å². The van der Waals surface area contributed by atoms with E-state index in [2.05, 4.69) is 62.5 Å². The molecule has 2 heteroatoms. The van der Waals surface area contributed by atoms with Crippen LogP contribution in [0.5, 0.6) is 0 Å². The van der Waals surface area contributed by atoms with Gasteiger partial charge >= 0.3 is 5.97 Å². The van der Waals surface area contributed by atoms with Crippen LogP contribution < -0.4 is 0 Å². The van der Waals surface area contributed by atoms with Gasteiger partial charge in [0.2, 0.25) is 0 Å². The van der Waals surface area contributed by atoms with Crippen LogP contribution in [-0.4, -0.2) is 13.1 Å². The minimum absolute atomic E-state index is 0.173. The second-order valence-corrected chi connectivity index (χ2v) is 7.26. The number of hydrogen-bond acceptors (Lipinski definition) is 2. The molecule has 1 aliphatic rings. The molecular formula is C23H26O2. The van der Waals surface area contributed by atoms with Crippen molar-refractivity contribution in [3.05, 3.63) is 72.8 Å². The summed E-state index contributed by atoms with van der Waals surface area (Å²) in [6, 6.07) is 15.0. The molecule has 2 aromatic rings. The molecule has 0 aliphatic heterocycles. The molecule has 3 atom stereocenters. The van der Waals surface area contributed by atoms with Crippen LogP contribution >= 0.6 is 0 Å². The number of carbonyl (C=O) groups excluding carboxylic acids is 1. The quantitative estimate of drug-likeness (QED) is 0.534. The van der Waals surface area contributed by atoms with E-state index in [1.165, 1.54) is 29.0 Å². The van der Waals surface area contributed by atoms with Crippen molar-refractivity contribution in [1.82, 2.24) is 0 Å². The summed E-state index contributed by atoms with van der Waals surface area (Å²) in [6.45, 7) is 10.3. The molecule has 1 aliphatic carbocycles. The second-order valence-electron chi connectivity index (χ2n) is 7.26. The lowest BCUT2D eigenvalue weighted by atomic mass is 9.62. The lowest BCUT2D eigenvalue weighted by Crippen LogP contribution is -2.38. The lowest BCUT2D eigenvalue weighted by Gasteiger charge is -2.42. The normalized spacial score (nSPS) is 26.2. The van der Waals surface area contributed by atoms with Crippen LogP contribution in [0.2, 0.25) is 0 Å². The van der Waals surface area contributed by atoms with Crippen LogP contribution in [0.15, 0.2) is 67.3 Å². The van der Waals surface area contributed by atoms with Gasteiger partial charge in [0.05, 0.1) is 12.5 Å². The van der Waals surface area contributed by atoms with E-state index in [4.69, 9.17) is 4.74 Å². The fourth-order valence-electron chi connectivity index (χ4n) is 4.29. The van der Waals surface area contributed by atoms with Crippen molar-refractivity contribution in [3.8, 4) is 0 Å². The predicted molar refractivity (Wildman–Crippen MR) is 103 cm³/mol. The first-order chi connectivity index (χ1) is 12.0. The highest BCUT2D eigenvalue weighted by molar-refractivity contribution is 5.83. The summed E-state index contributed by atoms with van der Waals surface area (Å²) in [5, 5.41) is 2.46. The van der Waals surface area contributed by atoms with E-state index in [0.717, 1.165) is 19.3 Å². The van der Waals surface area contributed by atoms with E-state index in [-0.39, 0.29) is 11.9 Å². The molecule has 3 rings (SSSR count). The van der Waals surface area contributed by atoms with Crippen molar-refractivity contribution < 1.29 is 9.53 Å². The number of fused-ring (bicyclic) bond motifs is 1. The van der Waals surface area contributed by atoms with Gasteiger partial charge in [0, 0.05) is 0 Å². The molecule has 0 radical (unpaired) electrons. The van der Waals surface area contributed by atoms with Gasteiger partial charge in [0.1, 0.15) is 0 Å². The van der Waals surface area contributed by atoms with Gasteiger partial charge in [0.25, 0.3) is 0 Å². The number of carbonyl (C=O) groups is 1. The van der Waals surface area contributed by atoms with Gasteiger partial charge in [-0.05, 0) is 54.4 Å². The Morgan fingerprint density at radius 3 is 2.60 bits per heavy atom. The number of rotatable bonds is 4. The minimum Gasteiger partial charge on any atom is -0.468 e. The fourth-order valence-corrected chi connectivity index (χ4v) is 4.29.